The maximum absolute atomic E-state index is 11.4. The Hall–Kier alpha value is -1.55. The number of thioether (sulfide) groups is 1. The monoisotopic (exact) mass is 458 g/mol. The van der Waals surface area contributed by atoms with Gasteiger partial charge in [0.2, 0.25) is 0 Å². The molecular weight excluding hydrogens is 444 g/mol. The number of thiophene rings is 1. The van der Waals surface area contributed by atoms with Crippen LogP contribution in [-0.2, 0) is 0 Å². The van der Waals surface area contributed by atoms with Gasteiger partial charge in [-0.1, -0.05) is 6.07 Å². The Morgan fingerprint density at radius 1 is 1.36 bits per heavy atom. The number of nitrogens with one attached hydrogen (secondary N) is 1. The number of aromatic carboxylic acids is 1. The largest absolute Gasteiger partial charge is 0.508 e. The summed E-state index contributed by atoms with van der Waals surface area (Å²) in [5.41, 5.74) is 3.12. The highest BCUT2D eigenvalue weighted by Gasteiger charge is 2.22. The molecule has 0 radical (unpaired) electrons. The van der Waals surface area contributed by atoms with E-state index in [1.807, 2.05) is 24.6 Å². The fraction of sp³-hybridized carbons (Fsp3) is 0.125. The van der Waals surface area contributed by atoms with Crippen molar-refractivity contribution in [1.82, 2.24) is 4.98 Å². The maximum Gasteiger partial charge on any atom is 0.346 e. The summed E-state index contributed by atoms with van der Waals surface area (Å²) in [6.45, 7) is 1.82. The van der Waals surface area contributed by atoms with Crippen molar-refractivity contribution in [2.24, 2.45) is 0 Å². The van der Waals surface area contributed by atoms with E-state index in [1.165, 1.54) is 34.4 Å². The number of hydrogen-bond acceptors (Lipinski definition) is 7. The number of carboxylic acids is 1. The van der Waals surface area contributed by atoms with Gasteiger partial charge in [0.25, 0.3) is 0 Å². The molecule has 0 bridgehead atoms. The normalized spacial score (nSPS) is 10.3. The molecule has 1 aromatic carbocycles. The van der Waals surface area contributed by atoms with Crippen LogP contribution in [0.2, 0.25) is 0 Å². The van der Waals surface area contributed by atoms with Gasteiger partial charge in [-0.2, -0.15) is 0 Å². The number of carboxylic acid groups (broad SMARTS) is 1. The van der Waals surface area contributed by atoms with E-state index in [4.69, 9.17) is 0 Å². The van der Waals surface area contributed by atoms with E-state index in [1.54, 1.807) is 18.2 Å². The number of nitrogens with zero attached hydrogens (tertiary/aromatic N) is 1. The van der Waals surface area contributed by atoms with E-state index >= 15 is 0 Å². The van der Waals surface area contributed by atoms with Crippen molar-refractivity contribution >= 4 is 68.2 Å². The third-order valence-corrected chi connectivity index (χ3v) is 6.51. The minimum Gasteiger partial charge on any atom is -0.508 e. The zero-order valence-corrected chi connectivity index (χ0v) is 17.4. The zero-order chi connectivity index (χ0) is 17.3. The van der Waals surface area contributed by atoms with E-state index in [2.05, 4.69) is 10.3 Å². The van der Waals surface area contributed by atoms with E-state index in [0.717, 1.165) is 26.7 Å². The third kappa shape index (κ3) is 4.17. The molecule has 0 aliphatic carbocycles. The topological polar surface area (TPSA) is 82.5 Å². The number of phenols is 1. The summed E-state index contributed by atoms with van der Waals surface area (Å²) >= 11 is 4.24. The molecule has 0 unspecified atom stereocenters. The maximum atomic E-state index is 11.4. The molecule has 2 heterocycles. The number of benzene rings is 1. The van der Waals surface area contributed by atoms with E-state index < -0.39 is 5.97 Å². The van der Waals surface area contributed by atoms with Gasteiger partial charge >= 0.3 is 5.97 Å². The first kappa shape index (κ1) is 19.8. The Labute approximate surface area is 167 Å². The van der Waals surface area contributed by atoms with Crippen LogP contribution in [0.5, 0.6) is 5.75 Å². The van der Waals surface area contributed by atoms with Gasteiger partial charge in [0.15, 0.2) is 5.13 Å². The summed E-state index contributed by atoms with van der Waals surface area (Å²) in [5.74, 6) is -0.728. The first-order valence-corrected chi connectivity index (χ1v) is 9.84. The van der Waals surface area contributed by atoms with Gasteiger partial charge in [0, 0.05) is 22.7 Å². The quantitative estimate of drug-likeness (QED) is 0.429. The fourth-order valence-corrected chi connectivity index (χ4v) is 4.94. The summed E-state index contributed by atoms with van der Waals surface area (Å²) in [5, 5.41) is 24.6. The van der Waals surface area contributed by atoms with Crippen molar-refractivity contribution in [3.8, 4) is 17.0 Å². The smallest absolute Gasteiger partial charge is 0.346 e. The highest BCUT2D eigenvalue weighted by Crippen LogP contribution is 2.42. The third-order valence-electron chi connectivity index (χ3n) is 3.35. The number of phenolic OH excluding ortho intramolecular Hbond substituents is 1. The zero-order valence-electron chi connectivity index (χ0n) is 13.3. The Morgan fingerprint density at radius 3 is 2.76 bits per heavy atom. The lowest BCUT2D eigenvalue weighted by Crippen LogP contribution is -1.94. The SMILES string of the molecule is Br.CSc1sc(C(=O)O)c(C)c1-c1csc(Nc2cccc(O)c2)n1. The van der Waals surface area contributed by atoms with Crippen molar-refractivity contribution < 1.29 is 15.0 Å². The Bertz CT molecular complexity index is 908. The van der Waals surface area contributed by atoms with Crippen LogP contribution in [0.3, 0.4) is 0 Å². The van der Waals surface area contributed by atoms with Gasteiger partial charge in [-0.3, -0.25) is 0 Å². The minimum absolute atomic E-state index is 0. The summed E-state index contributed by atoms with van der Waals surface area (Å²) in [6.07, 6.45) is 1.93. The lowest BCUT2D eigenvalue weighted by atomic mass is 10.1. The van der Waals surface area contributed by atoms with Crippen molar-refractivity contribution in [2.45, 2.75) is 11.1 Å². The number of rotatable bonds is 5. The molecule has 9 heteroatoms. The van der Waals surface area contributed by atoms with Crippen molar-refractivity contribution in [1.29, 1.82) is 0 Å². The van der Waals surface area contributed by atoms with Gasteiger partial charge in [-0.25, -0.2) is 9.78 Å². The van der Waals surface area contributed by atoms with Gasteiger partial charge in [-0.05, 0) is 30.9 Å². The molecule has 3 N–H and O–H groups in total. The number of aromatic nitrogens is 1. The molecule has 0 aliphatic heterocycles. The van der Waals surface area contributed by atoms with Gasteiger partial charge in [0.1, 0.15) is 10.6 Å². The van der Waals surface area contributed by atoms with Gasteiger partial charge in [-0.15, -0.1) is 51.4 Å². The summed E-state index contributed by atoms with van der Waals surface area (Å²) in [7, 11) is 0. The lowest BCUT2D eigenvalue weighted by Gasteiger charge is -2.03. The van der Waals surface area contributed by atoms with Crippen LogP contribution in [0.25, 0.3) is 11.3 Å². The van der Waals surface area contributed by atoms with Crippen molar-refractivity contribution in [2.75, 3.05) is 11.6 Å². The van der Waals surface area contributed by atoms with Crippen LogP contribution in [0.1, 0.15) is 15.2 Å². The first-order chi connectivity index (χ1) is 11.5. The van der Waals surface area contributed by atoms with Crippen LogP contribution in [-0.4, -0.2) is 27.4 Å². The average molecular weight is 459 g/mol. The van der Waals surface area contributed by atoms with Crippen LogP contribution >= 0.6 is 51.4 Å². The molecular formula is C16H15BrN2O3S3. The summed E-state index contributed by atoms with van der Waals surface area (Å²) in [6, 6.07) is 6.81. The second kappa shape index (κ2) is 8.22. The van der Waals surface area contributed by atoms with Crippen molar-refractivity contribution in [3.63, 3.8) is 0 Å². The standard InChI is InChI=1S/C16H14N2O3S3.BrH/c1-8-12(15(22-2)24-13(8)14(20)21)11-7-23-16(18-11)17-9-4-3-5-10(19)6-9;/h3-7,19H,1-2H3,(H,17,18)(H,20,21);1H. The first-order valence-electron chi connectivity index (χ1n) is 6.92. The second-order valence-corrected chi connectivity index (χ2v) is 7.89. The van der Waals surface area contributed by atoms with Gasteiger partial charge < -0.3 is 15.5 Å². The molecule has 5 nitrogen and oxygen atoms in total. The predicted molar refractivity (Wildman–Crippen MR) is 111 cm³/mol. The fourth-order valence-electron chi connectivity index (χ4n) is 2.28. The molecule has 0 spiro atoms. The number of anilines is 2. The Balaban J connectivity index is 0.00000225. The lowest BCUT2D eigenvalue weighted by molar-refractivity contribution is 0.0701. The van der Waals surface area contributed by atoms with Crippen LogP contribution < -0.4 is 5.32 Å². The van der Waals surface area contributed by atoms with Gasteiger partial charge in [0.05, 0.1) is 9.90 Å². The van der Waals surface area contributed by atoms with E-state index in [0.29, 0.717) is 10.0 Å². The molecule has 132 valence electrons. The van der Waals surface area contributed by atoms with Crippen LogP contribution in [0.4, 0.5) is 10.8 Å². The molecule has 0 fully saturated rings. The minimum atomic E-state index is -0.910. The molecule has 0 aliphatic rings. The number of thiazole rings is 1. The molecule has 0 saturated heterocycles. The summed E-state index contributed by atoms with van der Waals surface area (Å²) in [4.78, 5) is 16.3. The number of carbonyl (C=O) groups is 1. The average Bonchev–Trinajstić information content (AvgIpc) is 3.11. The van der Waals surface area contributed by atoms with E-state index in [-0.39, 0.29) is 22.7 Å². The molecule has 25 heavy (non-hydrogen) atoms. The predicted octanol–water partition coefficient (Wildman–Crippen LogP) is 5.63. The van der Waals surface area contributed by atoms with Crippen molar-refractivity contribution in [3.05, 3.63) is 40.1 Å². The highest BCUT2D eigenvalue weighted by atomic mass is 79.9. The Morgan fingerprint density at radius 2 is 2.12 bits per heavy atom. The van der Waals surface area contributed by atoms with Crippen LogP contribution in [0, 0.1) is 6.92 Å². The molecule has 2 aromatic heterocycles. The van der Waals surface area contributed by atoms with Crippen LogP contribution in [0.15, 0.2) is 33.9 Å². The molecule has 0 amide bonds. The Kier molecular flexibility index (Phi) is 6.50. The van der Waals surface area contributed by atoms with E-state index in [9.17, 15) is 15.0 Å². The highest BCUT2D eigenvalue weighted by molar-refractivity contribution is 8.93. The molecule has 3 aromatic rings. The number of halogens is 1. The molecule has 0 atom stereocenters. The second-order valence-electron chi connectivity index (χ2n) is 4.94. The molecule has 3 rings (SSSR count). The number of aromatic hydroxyl groups is 1. The summed E-state index contributed by atoms with van der Waals surface area (Å²) < 4.78 is 0.944. The molecule has 0 saturated carbocycles. The number of hydrogen-bond donors (Lipinski definition) is 3.